The Morgan fingerprint density at radius 1 is 1.00 bits per heavy atom. The van der Waals surface area contributed by atoms with Crippen LogP contribution in [-0.2, 0) is 11.3 Å². The molecule has 0 spiro atoms. The fraction of sp³-hybridized carbons (Fsp3) is 0.240. The van der Waals surface area contributed by atoms with E-state index in [1.165, 1.54) is 0 Å². The van der Waals surface area contributed by atoms with Crippen molar-refractivity contribution in [3.63, 3.8) is 0 Å². The number of anilines is 1. The zero-order valence-corrected chi connectivity index (χ0v) is 17.6. The van der Waals surface area contributed by atoms with Gasteiger partial charge in [0, 0.05) is 22.9 Å². The van der Waals surface area contributed by atoms with E-state index in [2.05, 4.69) is 5.32 Å². The summed E-state index contributed by atoms with van der Waals surface area (Å²) in [6, 6.07) is 25.2. The second kappa shape index (κ2) is 10.3. The molecule has 5 heteroatoms. The van der Waals surface area contributed by atoms with Crippen LogP contribution < -0.4 is 10.1 Å². The highest BCUT2D eigenvalue weighted by Crippen LogP contribution is 2.27. The maximum atomic E-state index is 12.8. The molecule has 0 unspecified atom stereocenters. The molecule has 1 amide bonds. The van der Waals surface area contributed by atoms with Gasteiger partial charge >= 0.3 is 0 Å². The molecule has 3 aromatic carbocycles. The van der Waals surface area contributed by atoms with Crippen molar-refractivity contribution in [3.05, 3.63) is 90.0 Å². The molecule has 1 atom stereocenters. The van der Waals surface area contributed by atoms with E-state index >= 15 is 0 Å². The molecule has 1 N–H and O–H groups in total. The van der Waals surface area contributed by atoms with Crippen LogP contribution in [0.3, 0.4) is 0 Å². The number of amides is 1. The Hall–Kier alpha value is -2.76. The van der Waals surface area contributed by atoms with Gasteiger partial charge < -0.3 is 14.8 Å². The summed E-state index contributed by atoms with van der Waals surface area (Å²) in [6.45, 7) is 1.36. The van der Waals surface area contributed by atoms with Crippen molar-refractivity contribution in [1.82, 2.24) is 0 Å². The molecule has 0 bridgehead atoms. The minimum Gasteiger partial charge on any atom is -0.489 e. The Bertz CT molecular complexity index is 954. The summed E-state index contributed by atoms with van der Waals surface area (Å²) in [5, 5.41) is 2.99. The molecule has 1 aliphatic rings. The third-order valence-electron chi connectivity index (χ3n) is 4.94. The van der Waals surface area contributed by atoms with Gasteiger partial charge in [0.2, 0.25) is 0 Å². The van der Waals surface area contributed by atoms with Crippen LogP contribution in [0.2, 0.25) is 0 Å². The topological polar surface area (TPSA) is 47.6 Å². The first-order valence-corrected chi connectivity index (χ1v) is 11.2. The summed E-state index contributed by atoms with van der Waals surface area (Å²) in [4.78, 5) is 13.8. The molecule has 0 aliphatic carbocycles. The smallest absolute Gasteiger partial charge is 0.256 e. The maximum absolute atomic E-state index is 12.8. The molecule has 1 fully saturated rings. The summed E-state index contributed by atoms with van der Waals surface area (Å²) in [5.74, 6) is 1.53. The van der Waals surface area contributed by atoms with E-state index in [0.29, 0.717) is 12.2 Å². The molecule has 4 nitrogen and oxygen atoms in total. The Labute approximate surface area is 181 Å². The largest absolute Gasteiger partial charge is 0.489 e. The highest BCUT2D eigenvalue weighted by atomic mass is 32.2. The Morgan fingerprint density at radius 3 is 2.53 bits per heavy atom. The average Bonchev–Trinajstić information content (AvgIpc) is 3.32. The summed E-state index contributed by atoms with van der Waals surface area (Å²) in [6.07, 6.45) is 2.51. The van der Waals surface area contributed by atoms with Crippen LogP contribution in [0, 0.1) is 0 Å². The van der Waals surface area contributed by atoms with Crippen molar-refractivity contribution in [2.24, 2.45) is 0 Å². The number of carbonyl (C=O) groups is 1. The zero-order chi connectivity index (χ0) is 20.6. The average molecular weight is 420 g/mol. The van der Waals surface area contributed by atoms with Crippen molar-refractivity contribution < 1.29 is 14.3 Å². The van der Waals surface area contributed by atoms with Crippen LogP contribution in [0.1, 0.15) is 28.8 Å². The Morgan fingerprint density at radius 2 is 1.77 bits per heavy atom. The summed E-state index contributed by atoms with van der Waals surface area (Å²) >= 11 is 1.68. The SMILES string of the molecule is O=C(Nc1ccc(OCc2ccccc2)cc1)c1ccccc1SC[C@H]1CCCO1. The number of hydrogen-bond donors (Lipinski definition) is 1. The number of ether oxygens (including phenoxy) is 2. The second-order valence-corrected chi connectivity index (χ2v) is 8.26. The molecule has 0 saturated carbocycles. The molecule has 30 heavy (non-hydrogen) atoms. The number of rotatable bonds is 8. The van der Waals surface area contributed by atoms with E-state index in [4.69, 9.17) is 9.47 Å². The molecule has 0 aromatic heterocycles. The van der Waals surface area contributed by atoms with Gasteiger partial charge in [-0.3, -0.25) is 4.79 Å². The zero-order valence-electron chi connectivity index (χ0n) is 16.8. The number of hydrogen-bond acceptors (Lipinski definition) is 4. The molecule has 1 aliphatic heterocycles. The minimum atomic E-state index is -0.108. The molecular formula is C25H25NO3S. The normalized spacial score (nSPS) is 15.7. The third kappa shape index (κ3) is 5.65. The highest BCUT2D eigenvalue weighted by Gasteiger charge is 2.18. The van der Waals surface area contributed by atoms with Crippen molar-refractivity contribution in [3.8, 4) is 5.75 Å². The lowest BCUT2D eigenvalue weighted by molar-refractivity contribution is 0.102. The van der Waals surface area contributed by atoms with Gasteiger partial charge in [0.25, 0.3) is 5.91 Å². The number of benzene rings is 3. The standard InChI is InChI=1S/C25H25NO3S/c27-25(23-10-4-5-11-24(23)30-18-22-9-6-16-28-22)26-20-12-14-21(15-13-20)29-17-19-7-2-1-3-8-19/h1-5,7-8,10-15,22H,6,9,16-18H2,(H,26,27)/t22-/m1/s1. The van der Waals surface area contributed by atoms with E-state index in [9.17, 15) is 4.79 Å². The first kappa shape index (κ1) is 20.5. The van der Waals surface area contributed by atoms with Gasteiger partial charge in [-0.2, -0.15) is 0 Å². The van der Waals surface area contributed by atoms with Crippen LogP contribution >= 0.6 is 11.8 Å². The van der Waals surface area contributed by atoms with Gasteiger partial charge in [-0.05, 0) is 54.8 Å². The molecule has 1 heterocycles. The number of carbonyl (C=O) groups excluding carboxylic acids is 1. The molecule has 154 valence electrons. The monoisotopic (exact) mass is 419 g/mol. The van der Waals surface area contributed by atoms with Gasteiger partial charge in [0.05, 0.1) is 11.7 Å². The second-order valence-electron chi connectivity index (χ2n) is 7.19. The van der Waals surface area contributed by atoms with Crippen molar-refractivity contribution in [1.29, 1.82) is 0 Å². The quantitative estimate of drug-likeness (QED) is 0.470. The summed E-state index contributed by atoms with van der Waals surface area (Å²) in [7, 11) is 0. The maximum Gasteiger partial charge on any atom is 0.256 e. The summed E-state index contributed by atoms with van der Waals surface area (Å²) in [5.41, 5.74) is 2.54. The Balaban J connectivity index is 1.34. The van der Waals surface area contributed by atoms with E-state index in [0.717, 1.165) is 47.1 Å². The van der Waals surface area contributed by atoms with Crippen molar-refractivity contribution in [2.45, 2.75) is 30.4 Å². The fourth-order valence-electron chi connectivity index (χ4n) is 3.31. The van der Waals surface area contributed by atoms with E-state index in [1.807, 2.05) is 78.9 Å². The molecule has 4 rings (SSSR count). The van der Waals surface area contributed by atoms with Gasteiger partial charge in [-0.1, -0.05) is 42.5 Å². The van der Waals surface area contributed by atoms with Crippen LogP contribution in [0.4, 0.5) is 5.69 Å². The van der Waals surface area contributed by atoms with Crippen molar-refractivity contribution in [2.75, 3.05) is 17.7 Å². The Kier molecular flexibility index (Phi) is 7.06. The first-order chi connectivity index (χ1) is 14.8. The fourth-order valence-corrected chi connectivity index (χ4v) is 4.43. The van der Waals surface area contributed by atoms with Crippen LogP contribution in [-0.4, -0.2) is 24.4 Å². The van der Waals surface area contributed by atoms with E-state index in [-0.39, 0.29) is 12.0 Å². The first-order valence-electron chi connectivity index (χ1n) is 10.2. The minimum absolute atomic E-state index is 0.108. The molecule has 3 aromatic rings. The lowest BCUT2D eigenvalue weighted by Crippen LogP contribution is -2.14. The van der Waals surface area contributed by atoms with Crippen LogP contribution in [0.25, 0.3) is 0 Å². The predicted molar refractivity (Wildman–Crippen MR) is 121 cm³/mol. The highest BCUT2D eigenvalue weighted by molar-refractivity contribution is 7.99. The molecule has 1 saturated heterocycles. The lowest BCUT2D eigenvalue weighted by atomic mass is 10.2. The number of nitrogens with one attached hydrogen (secondary N) is 1. The van der Waals surface area contributed by atoms with Gasteiger partial charge in [-0.15, -0.1) is 11.8 Å². The third-order valence-corrected chi connectivity index (χ3v) is 6.15. The van der Waals surface area contributed by atoms with Gasteiger partial charge in [0.15, 0.2) is 0 Å². The number of thioether (sulfide) groups is 1. The molecular weight excluding hydrogens is 394 g/mol. The van der Waals surface area contributed by atoms with Crippen LogP contribution in [0.5, 0.6) is 5.75 Å². The summed E-state index contributed by atoms with van der Waals surface area (Å²) < 4.78 is 11.5. The van der Waals surface area contributed by atoms with Crippen LogP contribution in [0.15, 0.2) is 83.8 Å². The lowest BCUT2D eigenvalue weighted by Gasteiger charge is -2.13. The predicted octanol–water partition coefficient (Wildman–Crippen LogP) is 5.79. The van der Waals surface area contributed by atoms with Gasteiger partial charge in [0.1, 0.15) is 12.4 Å². The van der Waals surface area contributed by atoms with Crippen molar-refractivity contribution >= 4 is 23.4 Å². The van der Waals surface area contributed by atoms with E-state index < -0.39 is 0 Å². The van der Waals surface area contributed by atoms with Gasteiger partial charge in [-0.25, -0.2) is 0 Å². The molecule has 0 radical (unpaired) electrons. The van der Waals surface area contributed by atoms with E-state index in [1.54, 1.807) is 11.8 Å².